The van der Waals surface area contributed by atoms with Crippen LogP contribution in [0.1, 0.15) is 16.6 Å². The first kappa shape index (κ1) is 20.1. The number of benzene rings is 2. The highest BCUT2D eigenvalue weighted by atomic mass is 35.5. The van der Waals surface area contributed by atoms with Gasteiger partial charge in [0, 0.05) is 35.6 Å². The lowest BCUT2D eigenvalue weighted by Crippen LogP contribution is -2.29. The number of ether oxygens (including phenoxy) is 1. The number of esters is 1. The number of thiophene rings is 1. The standard InChI is InChI=1S/C20H18ClFN2O3S/c1-11(19(25)23-13-5-7-14(8-6-13)24(2)3)27-20(26)18-17(21)15-9-4-12(22)10-16(15)28-18/h4-11H,1-3H3,(H,23,25). The summed E-state index contributed by atoms with van der Waals surface area (Å²) in [5, 5.41) is 3.46. The number of halogens is 2. The maximum Gasteiger partial charge on any atom is 0.350 e. The molecule has 8 heteroatoms. The van der Waals surface area contributed by atoms with E-state index in [-0.39, 0.29) is 9.90 Å². The number of carbonyl (C=O) groups is 2. The monoisotopic (exact) mass is 420 g/mol. The Balaban J connectivity index is 1.68. The third-order valence-electron chi connectivity index (χ3n) is 4.08. The average molecular weight is 421 g/mol. The average Bonchev–Trinajstić information content (AvgIpc) is 2.98. The van der Waals surface area contributed by atoms with E-state index in [0.717, 1.165) is 17.0 Å². The number of nitrogens with zero attached hydrogens (tertiary/aromatic N) is 1. The van der Waals surface area contributed by atoms with E-state index < -0.39 is 23.8 Å². The van der Waals surface area contributed by atoms with Crippen LogP contribution in [0, 0.1) is 5.82 Å². The molecule has 5 nitrogen and oxygen atoms in total. The number of hydrogen-bond donors (Lipinski definition) is 1. The Kier molecular flexibility index (Phi) is 5.86. The molecule has 1 heterocycles. The molecule has 0 aliphatic carbocycles. The van der Waals surface area contributed by atoms with Gasteiger partial charge in [0.2, 0.25) is 0 Å². The van der Waals surface area contributed by atoms with Crippen LogP contribution in [0.25, 0.3) is 10.1 Å². The van der Waals surface area contributed by atoms with Crippen molar-refractivity contribution in [3.63, 3.8) is 0 Å². The minimum atomic E-state index is -1.03. The molecule has 0 fully saturated rings. The van der Waals surface area contributed by atoms with Gasteiger partial charge in [-0.2, -0.15) is 0 Å². The predicted molar refractivity (Wildman–Crippen MR) is 111 cm³/mol. The number of rotatable bonds is 5. The summed E-state index contributed by atoms with van der Waals surface area (Å²) in [6, 6.07) is 11.3. The third kappa shape index (κ3) is 4.26. The summed E-state index contributed by atoms with van der Waals surface area (Å²) >= 11 is 7.25. The lowest BCUT2D eigenvalue weighted by atomic mass is 10.2. The zero-order valence-corrected chi connectivity index (χ0v) is 17.0. The van der Waals surface area contributed by atoms with E-state index in [9.17, 15) is 14.0 Å². The molecule has 146 valence electrons. The predicted octanol–water partition coefficient (Wildman–Crippen LogP) is 4.94. The van der Waals surface area contributed by atoms with Gasteiger partial charge in [0.05, 0.1) is 5.02 Å². The first-order valence-electron chi connectivity index (χ1n) is 8.43. The Bertz CT molecular complexity index is 1030. The SMILES string of the molecule is CC(OC(=O)c1sc2cc(F)ccc2c1Cl)C(=O)Nc1ccc(N(C)C)cc1. The molecule has 0 radical (unpaired) electrons. The van der Waals surface area contributed by atoms with E-state index in [0.29, 0.717) is 15.8 Å². The molecule has 1 amide bonds. The second kappa shape index (κ2) is 8.16. The highest BCUT2D eigenvalue weighted by molar-refractivity contribution is 7.21. The number of carbonyl (C=O) groups excluding carboxylic acids is 2. The van der Waals surface area contributed by atoms with Crippen molar-refractivity contribution < 1.29 is 18.7 Å². The molecule has 0 saturated heterocycles. The summed E-state index contributed by atoms with van der Waals surface area (Å²) in [6.07, 6.45) is -1.03. The van der Waals surface area contributed by atoms with Gasteiger partial charge in [-0.15, -0.1) is 11.3 Å². The minimum Gasteiger partial charge on any atom is -0.448 e. The van der Waals surface area contributed by atoms with E-state index >= 15 is 0 Å². The highest BCUT2D eigenvalue weighted by Gasteiger charge is 2.24. The first-order chi connectivity index (χ1) is 13.3. The summed E-state index contributed by atoms with van der Waals surface area (Å²) in [4.78, 5) is 26.8. The van der Waals surface area contributed by atoms with Crippen molar-refractivity contribution in [1.29, 1.82) is 0 Å². The molecule has 1 N–H and O–H groups in total. The first-order valence-corrected chi connectivity index (χ1v) is 9.62. The van der Waals surface area contributed by atoms with Crippen molar-refractivity contribution in [1.82, 2.24) is 0 Å². The van der Waals surface area contributed by atoms with Gasteiger partial charge >= 0.3 is 5.97 Å². The Hall–Kier alpha value is -2.64. The molecule has 0 spiro atoms. The van der Waals surface area contributed by atoms with E-state index in [1.807, 2.05) is 31.1 Å². The number of anilines is 2. The zero-order valence-electron chi connectivity index (χ0n) is 15.5. The van der Waals surface area contributed by atoms with Crippen LogP contribution in [-0.4, -0.2) is 32.1 Å². The molecular weight excluding hydrogens is 403 g/mol. The minimum absolute atomic E-state index is 0.136. The van der Waals surface area contributed by atoms with Crippen LogP contribution in [0.5, 0.6) is 0 Å². The molecule has 3 aromatic rings. The lowest BCUT2D eigenvalue weighted by molar-refractivity contribution is -0.123. The van der Waals surface area contributed by atoms with Crippen molar-refractivity contribution in [3.8, 4) is 0 Å². The van der Waals surface area contributed by atoms with Crippen molar-refractivity contribution in [2.24, 2.45) is 0 Å². The topological polar surface area (TPSA) is 58.6 Å². The largest absolute Gasteiger partial charge is 0.448 e. The van der Waals surface area contributed by atoms with Crippen molar-refractivity contribution in [3.05, 3.63) is 58.2 Å². The quantitative estimate of drug-likeness (QED) is 0.594. The van der Waals surface area contributed by atoms with E-state index in [4.69, 9.17) is 16.3 Å². The number of fused-ring (bicyclic) bond motifs is 1. The molecule has 2 aromatic carbocycles. The second-order valence-electron chi connectivity index (χ2n) is 6.36. The summed E-state index contributed by atoms with van der Waals surface area (Å²) in [7, 11) is 3.84. The summed E-state index contributed by atoms with van der Waals surface area (Å²) in [5.41, 5.74) is 1.59. The third-order valence-corrected chi connectivity index (χ3v) is 5.72. The van der Waals surface area contributed by atoms with Crippen molar-refractivity contribution in [2.75, 3.05) is 24.3 Å². The molecule has 1 atom stereocenters. The van der Waals surface area contributed by atoms with Gasteiger partial charge in [0.1, 0.15) is 10.7 Å². The molecule has 3 rings (SSSR count). The Morgan fingerprint density at radius 1 is 1.18 bits per heavy atom. The number of amides is 1. The summed E-state index contributed by atoms with van der Waals surface area (Å²) < 4.78 is 19.1. The molecule has 1 aromatic heterocycles. The van der Waals surface area contributed by atoms with Crippen molar-refractivity contribution >= 4 is 56.3 Å². The van der Waals surface area contributed by atoms with Crippen LogP contribution >= 0.6 is 22.9 Å². The highest BCUT2D eigenvalue weighted by Crippen LogP contribution is 2.36. The fourth-order valence-corrected chi connectivity index (χ4v) is 3.94. The van der Waals surface area contributed by atoms with Crippen LogP contribution in [0.2, 0.25) is 5.02 Å². The molecule has 1 unspecified atom stereocenters. The van der Waals surface area contributed by atoms with Crippen LogP contribution in [0.4, 0.5) is 15.8 Å². The van der Waals surface area contributed by atoms with Crippen LogP contribution in [0.3, 0.4) is 0 Å². The van der Waals surface area contributed by atoms with Crippen LogP contribution in [0.15, 0.2) is 42.5 Å². The molecule has 28 heavy (non-hydrogen) atoms. The summed E-state index contributed by atoms with van der Waals surface area (Å²) in [6.45, 7) is 1.47. The lowest BCUT2D eigenvalue weighted by Gasteiger charge is -2.15. The van der Waals surface area contributed by atoms with Crippen molar-refractivity contribution in [2.45, 2.75) is 13.0 Å². The van der Waals surface area contributed by atoms with Crippen LogP contribution < -0.4 is 10.2 Å². The van der Waals surface area contributed by atoms with E-state index in [1.165, 1.54) is 25.1 Å². The van der Waals surface area contributed by atoms with Crippen LogP contribution in [-0.2, 0) is 9.53 Å². The van der Waals surface area contributed by atoms with E-state index in [2.05, 4.69) is 5.32 Å². The molecular formula is C20H18ClFN2O3S. The fourth-order valence-electron chi connectivity index (χ4n) is 2.52. The van der Waals surface area contributed by atoms with Gasteiger partial charge in [-0.25, -0.2) is 9.18 Å². The molecule has 0 aliphatic heterocycles. The second-order valence-corrected chi connectivity index (χ2v) is 7.79. The van der Waals surface area contributed by atoms with Gasteiger partial charge in [-0.1, -0.05) is 11.6 Å². The Labute approximate surface area is 170 Å². The van der Waals surface area contributed by atoms with Gasteiger partial charge in [-0.05, 0) is 49.4 Å². The molecule has 0 saturated carbocycles. The van der Waals surface area contributed by atoms with Gasteiger partial charge < -0.3 is 15.0 Å². The molecule has 0 bridgehead atoms. The fraction of sp³-hybridized carbons (Fsp3) is 0.200. The van der Waals surface area contributed by atoms with E-state index in [1.54, 1.807) is 12.1 Å². The Morgan fingerprint density at radius 2 is 1.86 bits per heavy atom. The normalized spacial score (nSPS) is 11.9. The smallest absolute Gasteiger partial charge is 0.350 e. The zero-order chi connectivity index (χ0) is 20.4. The summed E-state index contributed by atoms with van der Waals surface area (Å²) in [5.74, 6) is -1.61. The van der Waals surface area contributed by atoms with Gasteiger partial charge in [0.25, 0.3) is 5.91 Å². The maximum atomic E-state index is 13.4. The number of nitrogens with one attached hydrogen (secondary N) is 1. The van der Waals surface area contributed by atoms with Gasteiger partial charge in [-0.3, -0.25) is 4.79 Å². The van der Waals surface area contributed by atoms with Gasteiger partial charge in [0.15, 0.2) is 6.10 Å². The number of hydrogen-bond acceptors (Lipinski definition) is 5. The maximum absolute atomic E-state index is 13.4. The Morgan fingerprint density at radius 3 is 2.50 bits per heavy atom. The molecule has 0 aliphatic rings.